The van der Waals surface area contributed by atoms with E-state index in [2.05, 4.69) is 17.6 Å². The third-order valence-corrected chi connectivity index (χ3v) is 6.33. The average Bonchev–Trinajstić information content (AvgIpc) is 2.93. The van der Waals surface area contributed by atoms with Crippen LogP contribution in [0.1, 0.15) is 51.9 Å². The topological polar surface area (TPSA) is 41.1 Å². The molecule has 3 nitrogen and oxygen atoms in total. The van der Waals surface area contributed by atoms with Gasteiger partial charge >= 0.3 is 0 Å². The molecule has 2 rings (SSSR count). The fraction of sp³-hybridized carbons (Fsp3) is 1.00. The van der Waals surface area contributed by atoms with Crippen molar-refractivity contribution in [2.45, 2.75) is 69.2 Å². The van der Waals surface area contributed by atoms with E-state index in [4.69, 9.17) is 0 Å². The fourth-order valence-electron chi connectivity index (χ4n) is 3.61. The van der Waals surface area contributed by atoms with Crippen molar-refractivity contribution >= 4 is 10.8 Å². The zero-order valence-electron chi connectivity index (χ0n) is 12.5. The fourth-order valence-corrected chi connectivity index (χ4v) is 4.06. The molecule has 0 bridgehead atoms. The second-order valence-electron chi connectivity index (χ2n) is 6.31. The van der Waals surface area contributed by atoms with E-state index >= 15 is 0 Å². The first kappa shape index (κ1) is 15.5. The maximum Gasteiger partial charge on any atom is 0.0329 e. The van der Waals surface area contributed by atoms with Crippen LogP contribution in [0.25, 0.3) is 0 Å². The standard InChI is InChI=1S/C15H30N2OS/c1-12(19(2)18)9-11-17-14-7-4-3-6-13(14)15-8-5-10-16-15/h12-17H,3-11H2,1-2H3. The lowest BCUT2D eigenvalue weighted by molar-refractivity contribution is 0.215. The van der Waals surface area contributed by atoms with Crippen molar-refractivity contribution in [3.05, 3.63) is 0 Å². The van der Waals surface area contributed by atoms with Crippen LogP contribution >= 0.6 is 0 Å². The Labute approximate surface area is 120 Å². The number of hydrogen-bond acceptors (Lipinski definition) is 3. The highest BCUT2D eigenvalue weighted by Crippen LogP contribution is 2.30. The smallest absolute Gasteiger partial charge is 0.0329 e. The molecule has 0 amide bonds. The van der Waals surface area contributed by atoms with Gasteiger partial charge < -0.3 is 10.6 Å². The predicted molar refractivity (Wildman–Crippen MR) is 82.9 cm³/mol. The van der Waals surface area contributed by atoms with Crippen molar-refractivity contribution in [1.29, 1.82) is 0 Å². The molecule has 4 heteroatoms. The van der Waals surface area contributed by atoms with Gasteiger partial charge in [0.05, 0.1) is 0 Å². The SMILES string of the molecule is CC(CCNC1CCCCC1C1CCCN1)S(C)=O. The first-order valence-corrected chi connectivity index (χ1v) is 9.59. The molecule has 1 heterocycles. The van der Waals surface area contributed by atoms with Gasteiger partial charge in [-0.1, -0.05) is 19.8 Å². The maximum absolute atomic E-state index is 11.4. The summed E-state index contributed by atoms with van der Waals surface area (Å²) in [6.07, 6.45) is 11.0. The monoisotopic (exact) mass is 286 g/mol. The second-order valence-corrected chi connectivity index (χ2v) is 8.11. The van der Waals surface area contributed by atoms with Crippen LogP contribution in [0.3, 0.4) is 0 Å². The van der Waals surface area contributed by atoms with Gasteiger partial charge in [0.2, 0.25) is 0 Å². The van der Waals surface area contributed by atoms with E-state index < -0.39 is 10.8 Å². The molecule has 2 fully saturated rings. The van der Waals surface area contributed by atoms with Gasteiger partial charge in [-0.25, -0.2) is 0 Å². The normalized spacial score (nSPS) is 35.2. The minimum atomic E-state index is -0.680. The molecule has 1 saturated carbocycles. The molecule has 0 spiro atoms. The summed E-state index contributed by atoms with van der Waals surface area (Å²) in [5.41, 5.74) is 0. The van der Waals surface area contributed by atoms with Crippen LogP contribution in [0.4, 0.5) is 0 Å². The van der Waals surface area contributed by atoms with E-state index in [1.807, 2.05) is 6.26 Å². The van der Waals surface area contributed by atoms with Gasteiger partial charge in [-0.2, -0.15) is 0 Å². The van der Waals surface area contributed by atoms with E-state index in [0.29, 0.717) is 11.3 Å². The van der Waals surface area contributed by atoms with Crippen LogP contribution in [0, 0.1) is 5.92 Å². The molecule has 0 aromatic heterocycles. The van der Waals surface area contributed by atoms with E-state index in [0.717, 1.165) is 24.9 Å². The number of rotatable bonds is 6. The molecule has 2 N–H and O–H groups in total. The Balaban J connectivity index is 1.77. The minimum absolute atomic E-state index is 0.319. The van der Waals surface area contributed by atoms with Crippen LogP contribution in [0.2, 0.25) is 0 Å². The van der Waals surface area contributed by atoms with E-state index in [1.54, 1.807) is 0 Å². The van der Waals surface area contributed by atoms with Crippen LogP contribution in [0.15, 0.2) is 0 Å². The Morgan fingerprint density at radius 3 is 2.74 bits per heavy atom. The number of nitrogens with one attached hydrogen (secondary N) is 2. The highest BCUT2D eigenvalue weighted by atomic mass is 32.2. The van der Waals surface area contributed by atoms with Gasteiger partial charge in [0.1, 0.15) is 0 Å². The second kappa shape index (κ2) is 7.75. The summed E-state index contributed by atoms with van der Waals surface area (Å²) in [6, 6.07) is 1.43. The molecule has 2 aliphatic rings. The molecule has 19 heavy (non-hydrogen) atoms. The Morgan fingerprint density at radius 1 is 1.26 bits per heavy atom. The summed E-state index contributed by atoms with van der Waals surface area (Å²) in [4.78, 5) is 0. The molecule has 1 aliphatic carbocycles. The summed E-state index contributed by atoms with van der Waals surface area (Å²) >= 11 is 0. The van der Waals surface area contributed by atoms with Gasteiger partial charge in [0.25, 0.3) is 0 Å². The lowest BCUT2D eigenvalue weighted by atomic mass is 9.79. The average molecular weight is 286 g/mol. The Morgan fingerprint density at radius 2 is 2.05 bits per heavy atom. The summed E-state index contributed by atoms with van der Waals surface area (Å²) in [7, 11) is -0.680. The van der Waals surface area contributed by atoms with Crippen molar-refractivity contribution in [2.75, 3.05) is 19.3 Å². The van der Waals surface area contributed by atoms with Crippen LogP contribution in [-0.4, -0.2) is 40.9 Å². The van der Waals surface area contributed by atoms with E-state index in [9.17, 15) is 4.21 Å². The van der Waals surface area contributed by atoms with Crippen molar-refractivity contribution in [3.8, 4) is 0 Å². The van der Waals surface area contributed by atoms with E-state index in [-0.39, 0.29) is 0 Å². The summed E-state index contributed by atoms with van der Waals surface area (Å²) in [5.74, 6) is 0.818. The van der Waals surface area contributed by atoms with Crippen molar-refractivity contribution in [2.24, 2.45) is 5.92 Å². The van der Waals surface area contributed by atoms with Crippen LogP contribution in [0.5, 0.6) is 0 Å². The van der Waals surface area contributed by atoms with Gasteiger partial charge in [0, 0.05) is 34.4 Å². The summed E-state index contributed by atoms with van der Waals surface area (Å²) < 4.78 is 11.4. The van der Waals surface area contributed by atoms with Gasteiger partial charge in [0.15, 0.2) is 0 Å². The maximum atomic E-state index is 11.4. The minimum Gasteiger partial charge on any atom is -0.314 e. The third-order valence-electron chi connectivity index (χ3n) is 4.96. The molecule has 5 atom stereocenters. The Bertz CT molecular complexity index is 292. The zero-order chi connectivity index (χ0) is 13.7. The van der Waals surface area contributed by atoms with Crippen molar-refractivity contribution in [3.63, 3.8) is 0 Å². The lowest BCUT2D eigenvalue weighted by Crippen LogP contribution is -2.47. The Hall–Kier alpha value is 0.0700. The third kappa shape index (κ3) is 4.54. The van der Waals surface area contributed by atoms with Gasteiger partial charge in [-0.05, 0) is 51.1 Å². The quantitative estimate of drug-likeness (QED) is 0.785. The van der Waals surface area contributed by atoms with E-state index in [1.165, 1.54) is 45.1 Å². The molecule has 1 aliphatic heterocycles. The van der Waals surface area contributed by atoms with Crippen molar-refractivity contribution in [1.82, 2.24) is 10.6 Å². The molecule has 0 aromatic rings. The van der Waals surface area contributed by atoms with Crippen LogP contribution < -0.4 is 10.6 Å². The van der Waals surface area contributed by atoms with Gasteiger partial charge in [-0.3, -0.25) is 4.21 Å². The molecular formula is C15H30N2OS. The first-order valence-electron chi connectivity index (χ1n) is 7.97. The van der Waals surface area contributed by atoms with Crippen LogP contribution in [-0.2, 0) is 10.8 Å². The first-order chi connectivity index (χ1) is 9.18. The zero-order valence-corrected chi connectivity index (χ0v) is 13.3. The Kier molecular flexibility index (Phi) is 6.30. The molecule has 0 radical (unpaired) electrons. The highest BCUT2D eigenvalue weighted by molar-refractivity contribution is 7.84. The van der Waals surface area contributed by atoms with Crippen molar-refractivity contribution < 1.29 is 4.21 Å². The largest absolute Gasteiger partial charge is 0.314 e. The predicted octanol–water partition coefficient (Wildman–Crippen LogP) is 2.04. The lowest BCUT2D eigenvalue weighted by Gasteiger charge is -2.36. The molecular weight excluding hydrogens is 256 g/mol. The highest BCUT2D eigenvalue weighted by Gasteiger charge is 2.32. The summed E-state index contributed by atoms with van der Waals surface area (Å²) in [6.45, 7) is 4.32. The molecule has 112 valence electrons. The number of hydrogen-bond donors (Lipinski definition) is 2. The molecule has 0 aromatic carbocycles. The summed E-state index contributed by atoms with van der Waals surface area (Å²) in [5, 5.41) is 7.76. The molecule has 5 unspecified atom stereocenters. The molecule has 1 saturated heterocycles. The van der Waals surface area contributed by atoms with Gasteiger partial charge in [-0.15, -0.1) is 0 Å².